The first kappa shape index (κ1) is 16.9. The zero-order chi connectivity index (χ0) is 19.8. The number of imidazole rings is 1. The van der Waals surface area contributed by atoms with Crippen LogP contribution in [0.15, 0.2) is 60.8 Å². The number of nitrogens with one attached hydrogen (secondary N) is 2. The Morgan fingerprint density at radius 2 is 1.97 bits per heavy atom. The van der Waals surface area contributed by atoms with E-state index in [0.29, 0.717) is 28.1 Å². The summed E-state index contributed by atoms with van der Waals surface area (Å²) in [7, 11) is 1.63. The first-order valence-electron chi connectivity index (χ1n) is 8.82. The smallest absolute Gasteiger partial charge is 0.256 e. The van der Waals surface area contributed by atoms with Crippen LogP contribution in [-0.2, 0) is 0 Å². The minimum Gasteiger partial charge on any atom is -0.497 e. The number of nitrogens with zero attached hydrogens (tertiary/aromatic N) is 5. The highest BCUT2D eigenvalue weighted by Gasteiger charge is 2.12. The summed E-state index contributed by atoms with van der Waals surface area (Å²) in [6, 6.07) is 16.5. The lowest BCUT2D eigenvalue weighted by molar-refractivity contribution is 0.102. The van der Waals surface area contributed by atoms with Gasteiger partial charge in [0.1, 0.15) is 16.8 Å². The van der Waals surface area contributed by atoms with Crippen LogP contribution < -0.4 is 10.1 Å². The number of hydrogen-bond donors (Lipinski definition) is 2. The number of benzene rings is 2. The lowest BCUT2D eigenvalue weighted by atomic mass is 10.1. The molecule has 29 heavy (non-hydrogen) atoms. The van der Waals surface area contributed by atoms with Crippen LogP contribution in [-0.4, -0.2) is 43.0 Å². The van der Waals surface area contributed by atoms with Gasteiger partial charge in [0, 0.05) is 11.1 Å². The molecule has 0 saturated carbocycles. The van der Waals surface area contributed by atoms with E-state index in [1.54, 1.807) is 36.0 Å². The Kier molecular flexibility index (Phi) is 3.91. The van der Waals surface area contributed by atoms with E-state index in [2.05, 4.69) is 30.8 Å². The van der Waals surface area contributed by atoms with Crippen LogP contribution in [0.25, 0.3) is 27.9 Å². The molecule has 0 radical (unpaired) electrons. The van der Waals surface area contributed by atoms with Gasteiger partial charge in [-0.25, -0.2) is 9.50 Å². The van der Waals surface area contributed by atoms with Gasteiger partial charge in [-0.2, -0.15) is 20.5 Å². The molecule has 3 heterocycles. The van der Waals surface area contributed by atoms with Gasteiger partial charge in [0.25, 0.3) is 5.91 Å². The molecule has 2 aromatic carbocycles. The normalized spacial score (nSPS) is 11.1. The number of carbonyl (C=O) groups excluding carboxylic acids is 1. The van der Waals surface area contributed by atoms with Crippen LogP contribution >= 0.6 is 0 Å². The van der Waals surface area contributed by atoms with Crippen LogP contribution in [0.4, 0.5) is 5.82 Å². The quantitative estimate of drug-likeness (QED) is 0.492. The zero-order valence-corrected chi connectivity index (χ0v) is 15.3. The molecule has 0 aliphatic carbocycles. The topological polar surface area (TPSA) is 110 Å². The van der Waals surface area contributed by atoms with Crippen molar-refractivity contribution in [3.8, 4) is 17.0 Å². The van der Waals surface area contributed by atoms with E-state index in [1.807, 2.05) is 36.4 Å². The minimum absolute atomic E-state index is 0.286. The first-order chi connectivity index (χ1) is 14.2. The standard InChI is InChI=1S/C20H15N7O2/c1-29-14-4-2-3-12(9-14)15-7-8-19-21-18(11-27(19)25-15)22-20(28)13-5-6-16-17(10-13)24-26-23-16/h2-11H,1H3,(H,22,28)(H,23,24,26). The van der Waals surface area contributed by atoms with E-state index in [-0.39, 0.29) is 5.91 Å². The van der Waals surface area contributed by atoms with Crippen molar-refractivity contribution in [1.82, 2.24) is 30.0 Å². The number of methoxy groups -OCH3 is 1. The molecule has 0 saturated heterocycles. The second-order valence-electron chi connectivity index (χ2n) is 6.36. The Bertz CT molecular complexity index is 1360. The molecule has 0 aliphatic rings. The molecule has 0 unspecified atom stereocenters. The summed E-state index contributed by atoms with van der Waals surface area (Å²) < 4.78 is 6.90. The van der Waals surface area contributed by atoms with Gasteiger partial charge < -0.3 is 10.1 Å². The number of carbonyl (C=O) groups is 1. The van der Waals surface area contributed by atoms with Crippen molar-refractivity contribution in [2.45, 2.75) is 0 Å². The van der Waals surface area contributed by atoms with E-state index in [9.17, 15) is 4.79 Å². The number of aromatic amines is 1. The molecule has 0 spiro atoms. The van der Waals surface area contributed by atoms with Gasteiger partial charge in [0.2, 0.25) is 0 Å². The minimum atomic E-state index is -0.286. The fourth-order valence-electron chi connectivity index (χ4n) is 3.05. The highest BCUT2D eigenvalue weighted by molar-refractivity contribution is 6.05. The number of amides is 1. The molecular weight excluding hydrogens is 370 g/mol. The number of aromatic nitrogens is 6. The van der Waals surface area contributed by atoms with E-state index < -0.39 is 0 Å². The summed E-state index contributed by atoms with van der Waals surface area (Å²) in [6.07, 6.45) is 1.67. The molecule has 3 aromatic heterocycles. The predicted octanol–water partition coefficient (Wildman–Crippen LogP) is 2.93. The second kappa shape index (κ2) is 6.71. The summed E-state index contributed by atoms with van der Waals surface area (Å²) in [5, 5.41) is 17.9. The van der Waals surface area contributed by atoms with Crippen LogP contribution in [0.1, 0.15) is 10.4 Å². The Morgan fingerprint density at radius 1 is 1.07 bits per heavy atom. The number of rotatable bonds is 4. The van der Waals surface area contributed by atoms with Crippen LogP contribution in [0.3, 0.4) is 0 Å². The number of anilines is 1. The molecule has 9 nitrogen and oxygen atoms in total. The van der Waals surface area contributed by atoms with Gasteiger partial charge in [-0.15, -0.1) is 0 Å². The summed E-state index contributed by atoms with van der Waals surface area (Å²) in [5.74, 6) is 0.879. The molecular formula is C20H15N7O2. The maximum absolute atomic E-state index is 12.6. The number of ether oxygens (including phenoxy) is 1. The van der Waals surface area contributed by atoms with Gasteiger partial charge in [-0.3, -0.25) is 4.79 Å². The SMILES string of the molecule is COc1cccc(-c2ccc3nc(NC(=O)c4ccc5n[nH]nc5c4)cn3n2)c1. The molecule has 2 N–H and O–H groups in total. The highest BCUT2D eigenvalue weighted by atomic mass is 16.5. The maximum Gasteiger partial charge on any atom is 0.256 e. The summed E-state index contributed by atoms with van der Waals surface area (Å²) >= 11 is 0. The average molecular weight is 385 g/mol. The van der Waals surface area contributed by atoms with Crippen molar-refractivity contribution in [2.24, 2.45) is 0 Å². The average Bonchev–Trinajstić information content (AvgIpc) is 3.38. The fourth-order valence-corrected chi connectivity index (χ4v) is 3.05. The molecule has 1 amide bonds. The summed E-state index contributed by atoms with van der Waals surface area (Å²) in [5.41, 5.74) is 4.10. The van der Waals surface area contributed by atoms with E-state index in [1.165, 1.54) is 0 Å². The molecule has 5 rings (SSSR count). The van der Waals surface area contributed by atoms with E-state index in [0.717, 1.165) is 17.0 Å². The van der Waals surface area contributed by atoms with Gasteiger partial charge in [0.05, 0.1) is 19.0 Å². The first-order valence-corrected chi connectivity index (χ1v) is 8.82. The Morgan fingerprint density at radius 3 is 2.86 bits per heavy atom. The van der Waals surface area contributed by atoms with Crippen molar-refractivity contribution in [2.75, 3.05) is 12.4 Å². The Balaban J connectivity index is 1.42. The third-order valence-corrected chi connectivity index (χ3v) is 4.51. The van der Waals surface area contributed by atoms with Crippen molar-refractivity contribution in [3.63, 3.8) is 0 Å². The number of H-pyrrole nitrogens is 1. The lowest BCUT2D eigenvalue weighted by Crippen LogP contribution is -2.11. The fraction of sp³-hybridized carbons (Fsp3) is 0.0500. The van der Waals surface area contributed by atoms with Gasteiger partial charge in [-0.05, 0) is 42.5 Å². The predicted molar refractivity (Wildman–Crippen MR) is 107 cm³/mol. The maximum atomic E-state index is 12.6. The van der Waals surface area contributed by atoms with E-state index >= 15 is 0 Å². The molecule has 9 heteroatoms. The molecule has 5 aromatic rings. The third-order valence-electron chi connectivity index (χ3n) is 4.51. The van der Waals surface area contributed by atoms with Gasteiger partial charge in [0.15, 0.2) is 11.5 Å². The van der Waals surface area contributed by atoms with Crippen LogP contribution in [0, 0.1) is 0 Å². The Hall–Kier alpha value is -4.27. The summed E-state index contributed by atoms with van der Waals surface area (Å²) in [6.45, 7) is 0. The van der Waals surface area contributed by atoms with Crippen molar-refractivity contribution in [1.29, 1.82) is 0 Å². The van der Waals surface area contributed by atoms with Crippen molar-refractivity contribution >= 4 is 28.4 Å². The number of hydrogen-bond acceptors (Lipinski definition) is 6. The molecule has 0 fully saturated rings. The molecule has 0 aliphatic heterocycles. The van der Waals surface area contributed by atoms with Gasteiger partial charge >= 0.3 is 0 Å². The Labute approximate surface area is 164 Å². The van der Waals surface area contributed by atoms with Crippen LogP contribution in [0.2, 0.25) is 0 Å². The number of fused-ring (bicyclic) bond motifs is 2. The van der Waals surface area contributed by atoms with Crippen molar-refractivity contribution in [3.05, 3.63) is 66.4 Å². The third kappa shape index (κ3) is 3.14. The summed E-state index contributed by atoms with van der Waals surface area (Å²) in [4.78, 5) is 17.0. The second-order valence-corrected chi connectivity index (χ2v) is 6.36. The largest absolute Gasteiger partial charge is 0.497 e. The highest BCUT2D eigenvalue weighted by Crippen LogP contribution is 2.23. The molecule has 0 atom stereocenters. The van der Waals surface area contributed by atoms with E-state index in [4.69, 9.17) is 4.74 Å². The molecule has 0 bridgehead atoms. The lowest BCUT2D eigenvalue weighted by Gasteiger charge is -2.04. The monoisotopic (exact) mass is 385 g/mol. The van der Waals surface area contributed by atoms with Crippen molar-refractivity contribution < 1.29 is 9.53 Å². The van der Waals surface area contributed by atoms with Gasteiger partial charge in [-0.1, -0.05) is 12.1 Å². The van der Waals surface area contributed by atoms with Crippen LogP contribution in [0.5, 0.6) is 5.75 Å². The molecule has 142 valence electrons. The zero-order valence-electron chi connectivity index (χ0n) is 15.3.